The van der Waals surface area contributed by atoms with Crippen molar-refractivity contribution in [3.63, 3.8) is 0 Å². The predicted molar refractivity (Wildman–Crippen MR) is 74.1 cm³/mol. The summed E-state index contributed by atoms with van der Waals surface area (Å²) in [7, 11) is 1.30. The van der Waals surface area contributed by atoms with Crippen LogP contribution in [0, 0.1) is 5.92 Å². The number of ether oxygens (including phenoxy) is 1. The lowest BCUT2D eigenvalue weighted by molar-refractivity contribution is -0.144. The summed E-state index contributed by atoms with van der Waals surface area (Å²) in [4.78, 5) is 23.6. The summed E-state index contributed by atoms with van der Waals surface area (Å²) in [5.41, 5.74) is 1.43. The number of esters is 1. The number of amides is 1. The maximum absolute atomic E-state index is 12.0. The fourth-order valence-corrected chi connectivity index (χ4v) is 1.77. The molecule has 1 aromatic rings. The van der Waals surface area contributed by atoms with Crippen LogP contribution in [-0.2, 0) is 15.4 Å². The Morgan fingerprint density at radius 3 is 2.26 bits per heavy atom. The molecule has 0 fully saturated rings. The molecule has 0 aliphatic heterocycles. The number of carbonyl (C=O) groups is 2. The molecule has 1 aromatic carbocycles. The second-order valence-corrected chi connectivity index (χ2v) is 4.82. The van der Waals surface area contributed by atoms with Gasteiger partial charge in [-0.15, -0.1) is 11.6 Å². The number of carbonyl (C=O) groups excluding carboxylic acids is 2. The molecule has 1 rings (SSSR count). The molecule has 1 N–H and O–H groups in total. The van der Waals surface area contributed by atoms with Crippen LogP contribution in [0.25, 0.3) is 0 Å². The van der Waals surface area contributed by atoms with Gasteiger partial charge in [0.1, 0.15) is 6.04 Å². The van der Waals surface area contributed by atoms with Crippen LogP contribution in [0.2, 0.25) is 0 Å². The number of alkyl halides is 1. The first-order valence-electron chi connectivity index (χ1n) is 6.03. The molecule has 0 bridgehead atoms. The van der Waals surface area contributed by atoms with Crippen LogP contribution in [0.3, 0.4) is 0 Å². The van der Waals surface area contributed by atoms with Crippen molar-refractivity contribution in [1.82, 2.24) is 5.32 Å². The molecule has 0 aromatic heterocycles. The molecule has 104 valence electrons. The van der Waals surface area contributed by atoms with Gasteiger partial charge in [-0.2, -0.15) is 0 Å². The van der Waals surface area contributed by atoms with Gasteiger partial charge >= 0.3 is 5.97 Å². The Labute approximate surface area is 118 Å². The summed E-state index contributed by atoms with van der Waals surface area (Å²) in [5, 5.41) is 2.67. The first-order valence-corrected chi connectivity index (χ1v) is 6.56. The van der Waals surface area contributed by atoms with E-state index in [4.69, 9.17) is 11.6 Å². The Morgan fingerprint density at radius 2 is 1.84 bits per heavy atom. The maximum Gasteiger partial charge on any atom is 0.328 e. The van der Waals surface area contributed by atoms with E-state index in [1.165, 1.54) is 7.11 Å². The molecule has 19 heavy (non-hydrogen) atoms. The summed E-state index contributed by atoms with van der Waals surface area (Å²) < 4.78 is 4.68. The SMILES string of the molecule is COC(=O)[C@@H](NC(=O)c1ccc(CCl)cc1)C(C)C. The van der Waals surface area contributed by atoms with Gasteiger partial charge in [-0.05, 0) is 23.6 Å². The summed E-state index contributed by atoms with van der Waals surface area (Å²) >= 11 is 5.68. The van der Waals surface area contributed by atoms with E-state index in [1.54, 1.807) is 24.3 Å². The Balaban J connectivity index is 2.78. The molecule has 4 nitrogen and oxygen atoms in total. The number of hydrogen-bond acceptors (Lipinski definition) is 3. The first-order chi connectivity index (χ1) is 8.99. The molecule has 0 saturated heterocycles. The van der Waals surface area contributed by atoms with E-state index in [0.717, 1.165) is 5.56 Å². The van der Waals surface area contributed by atoms with E-state index in [1.807, 2.05) is 13.8 Å². The van der Waals surface area contributed by atoms with Crippen LogP contribution < -0.4 is 5.32 Å². The van der Waals surface area contributed by atoms with E-state index in [2.05, 4.69) is 10.1 Å². The molecule has 0 aliphatic carbocycles. The lowest BCUT2D eigenvalue weighted by atomic mass is 10.0. The highest BCUT2D eigenvalue weighted by atomic mass is 35.5. The third kappa shape index (κ3) is 4.24. The third-order valence-electron chi connectivity index (χ3n) is 2.78. The molecule has 0 saturated carbocycles. The zero-order chi connectivity index (χ0) is 14.4. The van der Waals surface area contributed by atoms with Crippen LogP contribution in [0.1, 0.15) is 29.8 Å². The molecular weight excluding hydrogens is 266 g/mol. The van der Waals surface area contributed by atoms with E-state index < -0.39 is 12.0 Å². The molecule has 0 spiro atoms. The molecule has 0 radical (unpaired) electrons. The molecule has 0 heterocycles. The van der Waals surface area contributed by atoms with Crippen molar-refractivity contribution in [2.24, 2.45) is 5.92 Å². The van der Waals surface area contributed by atoms with Gasteiger partial charge in [0.2, 0.25) is 0 Å². The Morgan fingerprint density at radius 1 is 1.26 bits per heavy atom. The van der Waals surface area contributed by atoms with Gasteiger partial charge in [0.05, 0.1) is 7.11 Å². The second kappa shape index (κ2) is 7.14. The molecule has 1 atom stereocenters. The normalized spacial score (nSPS) is 12.1. The average Bonchev–Trinajstić information content (AvgIpc) is 2.43. The minimum atomic E-state index is -0.648. The third-order valence-corrected chi connectivity index (χ3v) is 3.09. The summed E-state index contributed by atoms with van der Waals surface area (Å²) in [6.07, 6.45) is 0. The lowest BCUT2D eigenvalue weighted by Gasteiger charge is -2.19. The number of hydrogen-bond donors (Lipinski definition) is 1. The van der Waals surface area contributed by atoms with Crippen LogP contribution in [-0.4, -0.2) is 25.0 Å². The van der Waals surface area contributed by atoms with Crippen LogP contribution in [0.4, 0.5) is 0 Å². The van der Waals surface area contributed by atoms with Crippen LogP contribution >= 0.6 is 11.6 Å². The smallest absolute Gasteiger partial charge is 0.328 e. The van der Waals surface area contributed by atoms with Crippen LogP contribution in [0.15, 0.2) is 24.3 Å². The van der Waals surface area contributed by atoms with Crippen molar-refractivity contribution < 1.29 is 14.3 Å². The fraction of sp³-hybridized carbons (Fsp3) is 0.429. The molecule has 5 heteroatoms. The largest absolute Gasteiger partial charge is 0.467 e. The highest BCUT2D eigenvalue weighted by Crippen LogP contribution is 2.09. The standard InChI is InChI=1S/C14H18ClNO3/c1-9(2)12(14(18)19-3)16-13(17)11-6-4-10(8-15)5-7-11/h4-7,9,12H,8H2,1-3H3,(H,16,17)/t12-/m0/s1. The predicted octanol–water partition coefficient (Wildman–Crippen LogP) is 2.35. The van der Waals surface area contributed by atoms with Gasteiger partial charge in [0.15, 0.2) is 0 Å². The molecular formula is C14H18ClNO3. The summed E-state index contributed by atoms with van der Waals surface area (Å²) in [5.74, 6) is -0.386. The van der Waals surface area contributed by atoms with E-state index in [9.17, 15) is 9.59 Å². The minimum absolute atomic E-state index is 0.0430. The molecule has 0 aliphatic rings. The van der Waals surface area contributed by atoms with Crippen molar-refractivity contribution in [2.75, 3.05) is 7.11 Å². The first kappa shape index (κ1) is 15.5. The van der Waals surface area contributed by atoms with Crippen LogP contribution in [0.5, 0.6) is 0 Å². The van der Waals surface area contributed by atoms with Gasteiger partial charge in [-0.3, -0.25) is 4.79 Å². The van der Waals surface area contributed by atoms with Crippen molar-refractivity contribution in [1.29, 1.82) is 0 Å². The number of halogens is 1. The topological polar surface area (TPSA) is 55.4 Å². The van der Waals surface area contributed by atoms with E-state index in [0.29, 0.717) is 11.4 Å². The van der Waals surface area contributed by atoms with Gasteiger partial charge in [0, 0.05) is 11.4 Å². The van der Waals surface area contributed by atoms with Crippen molar-refractivity contribution in [3.05, 3.63) is 35.4 Å². The minimum Gasteiger partial charge on any atom is -0.467 e. The highest BCUT2D eigenvalue weighted by Gasteiger charge is 2.25. The highest BCUT2D eigenvalue weighted by molar-refractivity contribution is 6.17. The van der Waals surface area contributed by atoms with Crippen molar-refractivity contribution in [2.45, 2.75) is 25.8 Å². The van der Waals surface area contributed by atoms with Gasteiger partial charge in [0.25, 0.3) is 5.91 Å². The quantitative estimate of drug-likeness (QED) is 0.667. The van der Waals surface area contributed by atoms with Gasteiger partial charge in [-0.25, -0.2) is 4.79 Å². The van der Waals surface area contributed by atoms with E-state index in [-0.39, 0.29) is 11.8 Å². The van der Waals surface area contributed by atoms with Gasteiger partial charge < -0.3 is 10.1 Å². The number of benzene rings is 1. The Kier molecular flexibility index (Phi) is 5.83. The number of methoxy groups -OCH3 is 1. The number of nitrogens with one attached hydrogen (secondary N) is 1. The molecule has 1 amide bonds. The zero-order valence-corrected chi connectivity index (χ0v) is 12.0. The van der Waals surface area contributed by atoms with Crippen molar-refractivity contribution >= 4 is 23.5 Å². The zero-order valence-electron chi connectivity index (χ0n) is 11.3. The second-order valence-electron chi connectivity index (χ2n) is 4.55. The van der Waals surface area contributed by atoms with Crippen molar-refractivity contribution in [3.8, 4) is 0 Å². The molecule has 0 unspecified atom stereocenters. The monoisotopic (exact) mass is 283 g/mol. The number of rotatable bonds is 5. The van der Waals surface area contributed by atoms with E-state index >= 15 is 0 Å². The Hall–Kier alpha value is -1.55. The lowest BCUT2D eigenvalue weighted by Crippen LogP contribution is -2.45. The van der Waals surface area contributed by atoms with Gasteiger partial charge in [-0.1, -0.05) is 26.0 Å². The Bertz CT molecular complexity index is 443. The maximum atomic E-state index is 12.0. The summed E-state index contributed by atoms with van der Waals surface area (Å²) in [6, 6.07) is 6.28. The fourth-order valence-electron chi connectivity index (χ4n) is 1.59. The average molecular weight is 284 g/mol. The summed E-state index contributed by atoms with van der Waals surface area (Å²) in [6.45, 7) is 3.69.